The van der Waals surface area contributed by atoms with E-state index >= 15 is 0 Å². The van der Waals surface area contributed by atoms with Gasteiger partial charge < -0.3 is 9.53 Å². The number of halogens is 1. The molecule has 0 aliphatic carbocycles. The van der Waals surface area contributed by atoms with E-state index in [0.717, 1.165) is 0 Å². The van der Waals surface area contributed by atoms with Crippen molar-refractivity contribution in [2.45, 2.75) is 5.92 Å². The van der Waals surface area contributed by atoms with Gasteiger partial charge in [0.25, 0.3) is 0 Å². The monoisotopic (exact) mass is 182 g/mol. The zero-order valence-corrected chi connectivity index (χ0v) is 7.37. The molecule has 1 aromatic rings. The summed E-state index contributed by atoms with van der Waals surface area (Å²) >= 11 is 0. The van der Waals surface area contributed by atoms with Gasteiger partial charge in [0.2, 0.25) is 0 Å². The van der Waals surface area contributed by atoms with Gasteiger partial charge in [0.05, 0.1) is 13.0 Å². The molecule has 0 aliphatic rings. The number of carbonyl (C=O) groups is 1. The van der Waals surface area contributed by atoms with Gasteiger partial charge in [0.1, 0.15) is 18.7 Å². The Labute approximate surface area is 76.3 Å². The molecule has 1 rings (SSSR count). The quantitative estimate of drug-likeness (QED) is 0.665. The third-order valence-corrected chi connectivity index (χ3v) is 1.87. The van der Waals surface area contributed by atoms with Crippen LogP contribution < -0.4 is 4.74 Å². The minimum Gasteiger partial charge on any atom is -0.496 e. The summed E-state index contributed by atoms with van der Waals surface area (Å²) in [5, 5.41) is 0. The van der Waals surface area contributed by atoms with Crippen LogP contribution in [0.15, 0.2) is 24.3 Å². The first-order chi connectivity index (χ1) is 6.33. The Balaban J connectivity index is 3.03. The second kappa shape index (κ2) is 4.60. The van der Waals surface area contributed by atoms with Crippen LogP contribution in [0.1, 0.15) is 11.5 Å². The van der Waals surface area contributed by atoms with Crippen LogP contribution in [0.5, 0.6) is 5.75 Å². The van der Waals surface area contributed by atoms with E-state index < -0.39 is 12.6 Å². The lowest BCUT2D eigenvalue weighted by atomic mass is 10.0. The molecule has 0 spiro atoms. The van der Waals surface area contributed by atoms with E-state index in [1.165, 1.54) is 7.11 Å². The number of methoxy groups -OCH3 is 1. The topological polar surface area (TPSA) is 26.3 Å². The molecule has 0 saturated carbocycles. The van der Waals surface area contributed by atoms with Gasteiger partial charge in [-0.05, 0) is 6.07 Å². The molecule has 1 atom stereocenters. The van der Waals surface area contributed by atoms with E-state index in [2.05, 4.69) is 0 Å². The van der Waals surface area contributed by atoms with Crippen molar-refractivity contribution in [3.63, 3.8) is 0 Å². The van der Waals surface area contributed by atoms with E-state index in [1.54, 1.807) is 24.3 Å². The Kier molecular flexibility index (Phi) is 3.43. The number of aldehydes is 1. The minimum absolute atomic E-state index is 0.553. The first-order valence-corrected chi connectivity index (χ1v) is 3.97. The highest BCUT2D eigenvalue weighted by molar-refractivity contribution is 5.64. The van der Waals surface area contributed by atoms with Crippen molar-refractivity contribution >= 4 is 6.29 Å². The minimum atomic E-state index is -0.712. The predicted molar refractivity (Wildman–Crippen MR) is 47.8 cm³/mol. The van der Waals surface area contributed by atoms with Crippen molar-refractivity contribution in [3.8, 4) is 5.75 Å². The van der Waals surface area contributed by atoms with Crippen LogP contribution in [0.25, 0.3) is 0 Å². The summed E-state index contributed by atoms with van der Waals surface area (Å²) in [6.45, 7) is -0.691. The highest BCUT2D eigenvalue weighted by Crippen LogP contribution is 2.25. The lowest BCUT2D eigenvalue weighted by molar-refractivity contribution is -0.109. The summed E-state index contributed by atoms with van der Waals surface area (Å²) in [5.41, 5.74) is 0.600. The SMILES string of the molecule is COc1ccccc1C(C=O)CF. The fourth-order valence-corrected chi connectivity index (χ4v) is 1.17. The second-order valence-electron chi connectivity index (χ2n) is 2.64. The van der Waals surface area contributed by atoms with E-state index in [-0.39, 0.29) is 0 Å². The maximum atomic E-state index is 12.4. The van der Waals surface area contributed by atoms with Crippen molar-refractivity contribution in [3.05, 3.63) is 29.8 Å². The second-order valence-corrected chi connectivity index (χ2v) is 2.64. The van der Waals surface area contributed by atoms with E-state index in [0.29, 0.717) is 17.6 Å². The molecule has 1 aromatic carbocycles. The number of benzene rings is 1. The Hall–Kier alpha value is -1.38. The van der Waals surface area contributed by atoms with E-state index in [9.17, 15) is 9.18 Å². The summed E-state index contributed by atoms with van der Waals surface area (Å²) in [6.07, 6.45) is 0.595. The molecular weight excluding hydrogens is 171 g/mol. The van der Waals surface area contributed by atoms with Gasteiger partial charge in [-0.3, -0.25) is 0 Å². The molecule has 0 bridgehead atoms. The summed E-state index contributed by atoms with van der Waals surface area (Å²) in [4.78, 5) is 10.5. The fourth-order valence-electron chi connectivity index (χ4n) is 1.17. The zero-order chi connectivity index (χ0) is 9.68. The number of hydrogen-bond donors (Lipinski definition) is 0. The summed E-state index contributed by atoms with van der Waals surface area (Å²) in [6, 6.07) is 6.94. The molecule has 2 nitrogen and oxygen atoms in total. The number of carbonyl (C=O) groups excluding carboxylic acids is 1. The van der Waals surface area contributed by atoms with Crippen molar-refractivity contribution in [2.24, 2.45) is 0 Å². The van der Waals surface area contributed by atoms with Gasteiger partial charge in [0, 0.05) is 5.56 Å². The smallest absolute Gasteiger partial charge is 0.130 e. The molecule has 13 heavy (non-hydrogen) atoms. The lowest BCUT2D eigenvalue weighted by Crippen LogP contribution is -2.04. The molecule has 70 valence electrons. The Morgan fingerprint density at radius 3 is 2.77 bits per heavy atom. The van der Waals surface area contributed by atoms with Crippen LogP contribution >= 0.6 is 0 Å². The van der Waals surface area contributed by atoms with Crippen LogP contribution in [0, 0.1) is 0 Å². The largest absolute Gasteiger partial charge is 0.496 e. The normalized spacial score (nSPS) is 12.2. The molecule has 0 aromatic heterocycles. The maximum absolute atomic E-state index is 12.4. The van der Waals surface area contributed by atoms with Gasteiger partial charge in [-0.1, -0.05) is 18.2 Å². The van der Waals surface area contributed by atoms with Gasteiger partial charge in [-0.25, -0.2) is 4.39 Å². The summed E-state index contributed by atoms with van der Waals surface area (Å²) < 4.78 is 17.4. The zero-order valence-electron chi connectivity index (χ0n) is 7.37. The number of rotatable bonds is 4. The number of para-hydroxylation sites is 1. The number of hydrogen-bond acceptors (Lipinski definition) is 2. The molecule has 0 amide bonds. The highest BCUT2D eigenvalue weighted by atomic mass is 19.1. The standard InChI is InChI=1S/C10H11FO2/c1-13-10-5-3-2-4-9(10)8(6-11)7-12/h2-5,7-8H,6H2,1H3. The third kappa shape index (κ3) is 2.05. The van der Waals surface area contributed by atoms with E-state index in [4.69, 9.17) is 4.74 Å². The van der Waals surface area contributed by atoms with Crippen LogP contribution in [0.3, 0.4) is 0 Å². The Bertz CT molecular complexity index is 286. The first kappa shape index (κ1) is 9.71. The molecule has 0 aliphatic heterocycles. The van der Waals surface area contributed by atoms with Crippen molar-refractivity contribution in [1.29, 1.82) is 0 Å². The van der Waals surface area contributed by atoms with Crippen LogP contribution in [0.4, 0.5) is 4.39 Å². The Morgan fingerprint density at radius 2 is 2.23 bits per heavy atom. The molecule has 1 unspecified atom stereocenters. The average molecular weight is 182 g/mol. The van der Waals surface area contributed by atoms with Crippen LogP contribution in [-0.4, -0.2) is 20.1 Å². The van der Waals surface area contributed by atoms with Gasteiger partial charge in [0.15, 0.2) is 0 Å². The molecule has 0 saturated heterocycles. The molecule has 0 N–H and O–H groups in total. The molecule has 3 heteroatoms. The van der Waals surface area contributed by atoms with Crippen molar-refractivity contribution in [1.82, 2.24) is 0 Å². The average Bonchev–Trinajstić information content (AvgIpc) is 2.20. The molecule has 0 heterocycles. The highest BCUT2D eigenvalue weighted by Gasteiger charge is 2.13. The summed E-state index contributed by atoms with van der Waals surface area (Å²) in [5.74, 6) is -0.159. The maximum Gasteiger partial charge on any atom is 0.130 e. The number of alkyl halides is 1. The van der Waals surface area contributed by atoms with Crippen LogP contribution in [0.2, 0.25) is 0 Å². The first-order valence-electron chi connectivity index (χ1n) is 3.97. The summed E-state index contributed by atoms with van der Waals surface area (Å²) in [7, 11) is 1.50. The fraction of sp³-hybridized carbons (Fsp3) is 0.300. The molecule has 0 fully saturated rings. The third-order valence-electron chi connectivity index (χ3n) is 1.87. The van der Waals surface area contributed by atoms with Crippen LogP contribution in [-0.2, 0) is 4.79 Å². The number of ether oxygens (including phenoxy) is 1. The van der Waals surface area contributed by atoms with Crippen molar-refractivity contribution in [2.75, 3.05) is 13.8 Å². The van der Waals surface area contributed by atoms with Gasteiger partial charge in [-0.15, -0.1) is 0 Å². The van der Waals surface area contributed by atoms with Crippen molar-refractivity contribution < 1.29 is 13.9 Å². The van der Waals surface area contributed by atoms with Gasteiger partial charge in [-0.2, -0.15) is 0 Å². The predicted octanol–water partition coefficient (Wildman–Crippen LogP) is 1.95. The van der Waals surface area contributed by atoms with Gasteiger partial charge >= 0.3 is 0 Å². The lowest BCUT2D eigenvalue weighted by Gasteiger charge is -2.10. The van der Waals surface area contributed by atoms with E-state index in [1.807, 2.05) is 0 Å². The Morgan fingerprint density at radius 1 is 1.54 bits per heavy atom. The molecule has 0 radical (unpaired) electrons. The molecular formula is C10H11FO2.